The Morgan fingerprint density at radius 3 is 2.55 bits per heavy atom. The first-order chi connectivity index (χ1) is 5.34. The van der Waals surface area contributed by atoms with Crippen molar-refractivity contribution < 1.29 is 10.1 Å². The molecule has 3 heteroatoms. The molecule has 11 heavy (non-hydrogen) atoms. The zero-order valence-corrected chi connectivity index (χ0v) is 6.10. The van der Waals surface area contributed by atoms with Crippen LogP contribution < -0.4 is 5.73 Å². The lowest BCUT2D eigenvalue weighted by atomic mass is 10.1. The second-order valence-corrected chi connectivity index (χ2v) is 2.31. The largest absolute Gasteiger partial charge is 0.322 e. The van der Waals surface area contributed by atoms with Crippen LogP contribution in [0.5, 0.6) is 0 Å². The smallest absolute Gasteiger partial charge is 0.101 e. The minimum absolute atomic E-state index is 0.129. The molecule has 0 aliphatic heterocycles. The fourth-order valence-electron chi connectivity index (χ4n) is 0.877. The summed E-state index contributed by atoms with van der Waals surface area (Å²) < 4.78 is 0. The van der Waals surface area contributed by atoms with Gasteiger partial charge in [-0.05, 0) is 5.56 Å². The van der Waals surface area contributed by atoms with Gasteiger partial charge in [0.15, 0.2) is 0 Å². The summed E-state index contributed by atoms with van der Waals surface area (Å²) >= 11 is 0. The van der Waals surface area contributed by atoms with E-state index in [1.165, 1.54) is 0 Å². The van der Waals surface area contributed by atoms with E-state index in [0.717, 1.165) is 5.56 Å². The van der Waals surface area contributed by atoms with Crippen LogP contribution in [0.4, 0.5) is 0 Å². The summed E-state index contributed by atoms with van der Waals surface area (Å²) in [7, 11) is 0. The molecule has 0 fully saturated rings. The van der Waals surface area contributed by atoms with Crippen molar-refractivity contribution in [2.45, 2.75) is 6.04 Å². The van der Waals surface area contributed by atoms with E-state index in [9.17, 15) is 0 Å². The summed E-state index contributed by atoms with van der Waals surface area (Å²) in [6.07, 6.45) is 0. The van der Waals surface area contributed by atoms with Crippen LogP contribution in [0, 0.1) is 0 Å². The van der Waals surface area contributed by atoms with Gasteiger partial charge in [0.25, 0.3) is 0 Å². The Bertz CT molecular complexity index is 201. The van der Waals surface area contributed by atoms with Crippen molar-refractivity contribution in [3.63, 3.8) is 0 Å². The fourth-order valence-corrected chi connectivity index (χ4v) is 0.877. The quantitative estimate of drug-likeness (QED) is 0.506. The molecule has 0 spiro atoms. The van der Waals surface area contributed by atoms with Crippen molar-refractivity contribution in [1.29, 1.82) is 0 Å². The Balaban J connectivity index is 2.61. The zero-order chi connectivity index (χ0) is 8.10. The molecule has 0 aliphatic rings. The van der Waals surface area contributed by atoms with Gasteiger partial charge in [-0.15, -0.1) is 0 Å². The van der Waals surface area contributed by atoms with Crippen molar-refractivity contribution in [3.8, 4) is 0 Å². The Labute approximate surface area is 65.3 Å². The van der Waals surface area contributed by atoms with E-state index in [1.54, 1.807) is 0 Å². The van der Waals surface area contributed by atoms with Crippen LogP contribution in [0.3, 0.4) is 0 Å². The Morgan fingerprint density at radius 1 is 1.36 bits per heavy atom. The molecular weight excluding hydrogens is 142 g/mol. The maximum Gasteiger partial charge on any atom is 0.101 e. The lowest BCUT2D eigenvalue weighted by Crippen LogP contribution is -2.15. The van der Waals surface area contributed by atoms with Crippen LogP contribution >= 0.6 is 0 Å². The van der Waals surface area contributed by atoms with Crippen LogP contribution in [-0.2, 0) is 4.89 Å². The summed E-state index contributed by atoms with van der Waals surface area (Å²) in [6.45, 7) is 0.129. The van der Waals surface area contributed by atoms with E-state index < -0.39 is 0 Å². The summed E-state index contributed by atoms with van der Waals surface area (Å²) in [5, 5.41) is 8.12. The van der Waals surface area contributed by atoms with Gasteiger partial charge in [-0.3, -0.25) is 5.26 Å². The molecule has 3 nitrogen and oxygen atoms in total. The second kappa shape index (κ2) is 4.08. The van der Waals surface area contributed by atoms with Crippen molar-refractivity contribution >= 4 is 0 Å². The van der Waals surface area contributed by atoms with Crippen molar-refractivity contribution in [3.05, 3.63) is 35.9 Å². The van der Waals surface area contributed by atoms with Gasteiger partial charge in [-0.1, -0.05) is 30.3 Å². The number of benzene rings is 1. The van der Waals surface area contributed by atoms with Crippen molar-refractivity contribution in [1.82, 2.24) is 0 Å². The molecule has 0 heterocycles. The van der Waals surface area contributed by atoms with E-state index in [1.807, 2.05) is 30.3 Å². The molecular formula is C8H11NO2. The van der Waals surface area contributed by atoms with E-state index in [0.29, 0.717) is 0 Å². The molecule has 1 atom stereocenters. The molecule has 1 aromatic carbocycles. The highest BCUT2D eigenvalue weighted by Crippen LogP contribution is 2.08. The van der Waals surface area contributed by atoms with E-state index in [4.69, 9.17) is 11.0 Å². The average Bonchev–Trinajstić information content (AvgIpc) is 2.07. The minimum atomic E-state index is -0.249. The lowest BCUT2D eigenvalue weighted by Gasteiger charge is -2.08. The van der Waals surface area contributed by atoms with Gasteiger partial charge >= 0.3 is 0 Å². The van der Waals surface area contributed by atoms with E-state index >= 15 is 0 Å². The SMILES string of the molecule is N[C@@H](COO)c1ccccc1. The van der Waals surface area contributed by atoms with Gasteiger partial charge in [-0.2, -0.15) is 0 Å². The van der Waals surface area contributed by atoms with Gasteiger partial charge in [0.1, 0.15) is 6.61 Å². The first kappa shape index (κ1) is 8.20. The summed E-state index contributed by atoms with van der Waals surface area (Å²) in [4.78, 5) is 3.93. The van der Waals surface area contributed by atoms with Crippen LogP contribution in [0.1, 0.15) is 11.6 Å². The standard InChI is InChI=1S/C8H11NO2/c9-8(6-11-10)7-4-2-1-3-5-7/h1-5,8,10H,6,9H2/t8-/m0/s1. The highest BCUT2D eigenvalue weighted by Gasteiger charge is 2.03. The minimum Gasteiger partial charge on any atom is -0.322 e. The number of rotatable bonds is 3. The molecule has 0 unspecified atom stereocenters. The number of hydrogen-bond acceptors (Lipinski definition) is 3. The number of nitrogens with two attached hydrogens (primary N) is 1. The van der Waals surface area contributed by atoms with Crippen molar-refractivity contribution in [2.75, 3.05) is 6.61 Å². The molecule has 0 radical (unpaired) electrons. The summed E-state index contributed by atoms with van der Waals surface area (Å²) in [6, 6.07) is 9.24. The summed E-state index contributed by atoms with van der Waals surface area (Å²) in [5.74, 6) is 0. The van der Waals surface area contributed by atoms with Crippen molar-refractivity contribution in [2.24, 2.45) is 5.73 Å². The first-order valence-corrected chi connectivity index (χ1v) is 3.41. The topological polar surface area (TPSA) is 55.5 Å². The van der Waals surface area contributed by atoms with Crippen LogP contribution in [0.15, 0.2) is 30.3 Å². The highest BCUT2D eigenvalue weighted by atomic mass is 17.1. The van der Waals surface area contributed by atoms with E-state index in [2.05, 4.69) is 4.89 Å². The monoisotopic (exact) mass is 153 g/mol. The molecule has 0 saturated carbocycles. The third-order valence-corrected chi connectivity index (χ3v) is 1.48. The molecule has 1 aromatic rings. The van der Waals surface area contributed by atoms with Gasteiger partial charge in [0.2, 0.25) is 0 Å². The second-order valence-electron chi connectivity index (χ2n) is 2.31. The predicted octanol–water partition coefficient (Wildman–Crippen LogP) is 1.18. The van der Waals surface area contributed by atoms with Crippen LogP contribution in [-0.4, -0.2) is 11.9 Å². The molecule has 3 N–H and O–H groups in total. The lowest BCUT2D eigenvalue weighted by molar-refractivity contribution is -0.245. The third kappa shape index (κ3) is 2.31. The average molecular weight is 153 g/mol. The molecule has 0 amide bonds. The molecule has 0 saturated heterocycles. The first-order valence-electron chi connectivity index (χ1n) is 3.41. The molecule has 1 rings (SSSR count). The molecule has 0 bridgehead atoms. The van der Waals surface area contributed by atoms with Gasteiger partial charge in [0.05, 0.1) is 6.04 Å². The summed E-state index contributed by atoms with van der Waals surface area (Å²) in [5.41, 5.74) is 6.58. The Hall–Kier alpha value is -0.900. The third-order valence-electron chi connectivity index (χ3n) is 1.48. The maximum atomic E-state index is 8.12. The molecule has 0 aliphatic carbocycles. The van der Waals surface area contributed by atoms with Crippen LogP contribution in [0.25, 0.3) is 0 Å². The Morgan fingerprint density at radius 2 is 2.00 bits per heavy atom. The normalized spacial score (nSPS) is 12.9. The van der Waals surface area contributed by atoms with Gasteiger partial charge < -0.3 is 5.73 Å². The van der Waals surface area contributed by atoms with Gasteiger partial charge in [0, 0.05) is 0 Å². The molecule has 0 aromatic heterocycles. The molecule has 60 valence electrons. The number of hydrogen-bond donors (Lipinski definition) is 2. The predicted molar refractivity (Wildman–Crippen MR) is 42.0 cm³/mol. The van der Waals surface area contributed by atoms with Gasteiger partial charge in [-0.25, -0.2) is 4.89 Å². The zero-order valence-electron chi connectivity index (χ0n) is 6.10. The van der Waals surface area contributed by atoms with Crippen LogP contribution in [0.2, 0.25) is 0 Å². The Kier molecular flexibility index (Phi) is 3.04. The highest BCUT2D eigenvalue weighted by molar-refractivity contribution is 5.18. The maximum absolute atomic E-state index is 8.12. The van der Waals surface area contributed by atoms with E-state index in [-0.39, 0.29) is 12.6 Å². The fraction of sp³-hybridized carbons (Fsp3) is 0.250.